The molecule has 1 aliphatic heterocycles. The summed E-state index contributed by atoms with van der Waals surface area (Å²) in [6, 6.07) is 12.1. The molecule has 0 unspecified atom stereocenters. The molecule has 2 aromatic heterocycles. The molecule has 0 amide bonds. The molecule has 202 valence electrons. The number of nitrogens with zero attached hydrogens (tertiary/aromatic N) is 3. The van der Waals surface area contributed by atoms with Gasteiger partial charge in [0.25, 0.3) is 0 Å². The van der Waals surface area contributed by atoms with Crippen LogP contribution in [0.15, 0.2) is 48.7 Å². The third-order valence-corrected chi connectivity index (χ3v) is 7.04. The van der Waals surface area contributed by atoms with Crippen LogP contribution in [0.5, 0.6) is 5.88 Å². The Balaban J connectivity index is 1.63. The highest BCUT2D eigenvalue weighted by Crippen LogP contribution is 2.39. The lowest BCUT2D eigenvalue weighted by Gasteiger charge is -2.40. The second-order valence-electron chi connectivity index (χ2n) is 11.0. The second kappa shape index (κ2) is 11.9. The van der Waals surface area contributed by atoms with Crippen molar-refractivity contribution < 1.29 is 18.7 Å². The van der Waals surface area contributed by atoms with Crippen LogP contribution in [0.3, 0.4) is 0 Å². The number of rotatable bonds is 9. The number of aromatic nitrogens is 2. The largest absolute Gasteiger partial charge is 0.477 e. The molecule has 1 aliphatic rings. The van der Waals surface area contributed by atoms with Crippen LogP contribution < -0.4 is 9.64 Å². The van der Waals surface area contributed by atoms with E-state index in [4.69, 9.17) is 14.5 Å². The zero-order chi connectivity index (χ0) is 27.3. The van der Waals surface area contributed by atoms with Crippen LogP contribution in [0, 0.1) is 18.2 Å². The number of hydrogen-bond acceptors (Lipinski definition) is 6. The maximum atomic E-state index is 13.2. The Morgan fingerprint density at radius 1 is 1.11 bits per heavy atom. The molecule has 3 aromatic rings. The molecule has 0 atom stereocenters. The van der Waals surface area contributed by atoms with Crippen molar-refractivity contribution in [1.82, 2.24) is 9.97 Å². The molecular formula is C31H38FN3O3. The van der Waals surface area contributed by atoms with Gasteiger partial charge in [0.05, 0.1) is 30.5 Å². The van der Waals surface area contributed by atoms with Gasteiger partial charge in [-0.3, -0.25) is 9.78 Å². The van der Waals surface area contributed by atoms with Gasteiger partial charge in [-0.25, -0.2) is 9.37 Å². The van der Waals surface area contributed by atoms with E-state index in [9.17, 15) is 9.18 Å². The highest BCUT2D eigenvalue weighted by atomic mass is 19.1. The average Bonchev–Trinajstić information content (AvgIpc) is 2.86. The lowest BCUT2D eigenvalue weighted by atomic mass is 9.82. The van der Waals surface area contributed by atoms with Gasteiger partial charge in [-0.1, -0.05) is 32.0 Å². The Hall–Kier alpha value is -3.48. The van der Waals surface area contributed by atoms with Crippen LogP contribution in [0.25, 0.3) is 11.3 Å². The second-order valence-corrected chi connectivity index (χ2v) is 11.0. The first-order chi connectivity index (χ1) is 18.1. The fourth-order valence-corrected chi connectivity index (χ4v) is 4.75. The van der Waals surface area contributed by atoms with Gasteiger partial charge in [0, 0.05) is 48.6 Å². The first kappa shape index (κ1) is 27.6. The Labute approximate surface area is 225 Å². The molecule has 38 heavy (non-hydrogen) atoms. The van der Waals surface area contributed by atoms with Crippen LogP contribution in [-0.2, 0) is 22.4 Å². The number of esters is 1. The number of benzene rings is 1. The number of ether oxygens (including phenoxy) is 2. The molecule has 0 saturated carbocycles. The predicted molar refractivity (Wildman–Crippen MR) is 148 cm³/mol. The van der Waals surface area contributed by atoms with E-state index in [2.05, 4.69) is 23.7 Å². The van der Waals surface area contributed by atoms with Gasteiger partial charge in [0.2, 0.25) is 5.88 Å². The topological polar surface area (TPSA) is 64.6 Å². The molecule has 0 radical (unpaired) electrons. The number of carbonyl (C=O) groups is 1. The van der Waals surface area contributed by atoms with Crippen LogP contribution >= 0.6 is 0 Å². The summed E-state index contributed by atoms with van der Waals surface area (Å²) in [5.41, 5.74) is 5.62. The minimum atomic E-state index is -0.258. The molecule has 1 aromatic carbocycles. The molecule has 0 N–H and O–H groups in total. The average molecular weight is 520 g/mol. The molecule has 3 heterocycles. The van der Waals surface area contributed by atoms with Gasteiger partial charge in [-0.2, -0.15) is 0 Å². The highest BCUT2D eigenvalue weighted by molar-refractivity contribution is 5.84. The van der Waals surface area contributed by atoms with E-state index in [-0.39, 0.29) is 29.7 Å². The molecule has 0 bridgehead atoms. The predicted octanol–water partition coefficient (Wildman–Crippen LogP) is 6.33. The first-order valence-electron chi connectivity index (χ1n) is 13.4. The van der Waals surface area contributed by atoms with E-state index < -0.39 is 0 Å². The lowest BCUT2D eigenvalue weighted by Crippen LogP contribution is -2.38. The van der Waals surface area contributed by atoms with Crippen LogP contribution in [0.1, 0.15) is 57.4 Å². The summed E-state index contributed by atoms with van der Waals surface area (Å²) in [4.78, 5) is 24.6. The van der Waals surface area contributed by atoms with Crippen molar-refractivity contribution in [2.75, 3.05) is 24.6 Å². The summed E-state index contributed by atoms with van der Waals surface area (Å²) < 4.78 is 24.6. The number of aryl methyl sites for hydroxylation is 1. The van der Waals surface area contributed by atoms with E-state index in [1.165, 1.54) is 12.1 Å². The van der Waals surface area contributed by atoms with Crippen molar-refractivity contribution in [2.24, 2.45) is 5.41 Å². The SMILES string of the molecule is Cc1ncc(-c2cccc(OCCc3ccc(F)cc3)n2)c(N2CCC(C)(C)CC2)c1CC(=O)OC(C)C. The maximum Gasteiger partial charge on any atom is 0.310 e. The Morgan fingerprint density at radius 3 is 2.50 bits per heavy atom. The Kier molecular flexibility index (Phi) is 8.65. The summed E-state index contributed by atoms with van der Waals surface area (Å²) in [6.07, 6.45) is 4.60. The minimum Gasteiger partial charge on any atom is -0.477 e. The maximum absolute atomic E-state index is 13.2. The van der Waals surface area contributed by atoms with Crippen molar-refractivity contribution in [2.45, 2.75) is 66.4 Å². The summed E-state index contributed by atoms with van der Waals surface area (Å²) in [7, 11) is 0. The molecule has 7 heteroatoms. The van der Waals surface area contributed by atoms with Gasteiger partial charge in [-0.05, 0) is 62.8 Å². The minimum absolute atomic E-state index is 0.161. The lowest BCUT2D eigenvalue weighted by molar-refractivity contribution is -0.146. The van der Waals surface area contributed by atoms with Gasteiger partial charge in [0.1, 0.15) is 5.82 Å². The van der Waals surface area contributed by atoms with Crippen LogP contribution in [0.4, 0.5) is 10.1 Å². The third-order valence-electron chi connectivity index (χ3n) is 7.04. The molecule has 1 saturated heterocycles. The van der Waals surface area contributed by atoms with E-state index in [1.807, 2.05) is 45.2 Å². The standard InChI is InChI=1S/C31H38FN3O3/c1-21(2)38-29(36)19-25-22(3)33-20-26(30(25)35-16-14-31(4,5)15-17-35)27-7-6-8-28(34-27)37-18-13-23-9-11-24(32)12-10-23/h6-12,20-21H,13-19H2,1-5H3. The number of anilines is 1. The fourth-order valence-electron chi connectivity index (χ4n) is 4.75. The van der Waals surface area contributed by atoms with Crippen molar-refractivity contribution in [3.05, 3.63) is 71.3 Å². The van der Waals surface area contributed by atoms with Crippen LogP contribution in [-0.4, -0.2) is 41.7 Å². The Bertz CT molecular complexity index is 1250. The van der Waals surface area contributed by atoms with E-state index in [0.29, 0.717) is 18.9 Å². The van der Waals surface area contributed by atoms with E-state index in [1.54, 1.807) is 12.1 Å². The number of carbonyl (C=O) groups excluding carboxylic acids is 1. The van der Waals surface area contributed by atoms with Gasteiger partial charge in [0.15, 0.2) is 0 Å². The molecule has 4 rings (SSSR count). The zero-order valence-corrected chi connectivity index (χ0v) is 23.1. The van der Waals surface area contributed by atoms with Crippen molar-refractivity contribution in [3.63, 3.8) is 0 Å². The van der Waals surface area contributed by atoms with Gasteiger partial charge < -0.3 is 14.4 Å². The Morgan fingerprint density at radius 2 is 1.82 bits per heavy atom. The molecule has 0 spiro atoms. The fraction of sp³-hybridized carbons (Fsp3) is 0.452. The molecular weight excluding hydrogens is 481 g/mol. The zero-order valence-electron chi connectivity index (χ0n) is 23.1. The normalized spacial score (nSPS) is 15.0. The number of piperidine rings is 1. The molecule has 0 aliphatic carbocycles. The van der Waals surface area contributed by atoms with E-state index in [0.717, 1.165) is 59.7 Å². The smallest absolute Gasteiger partial charge is 0.310 e. The first-order valence-corrected chi connectivity index (χ1v) is 13.4. The monoisotopic (exact) mass is 519 g/mol. The van der Waals surface area contributed by atoms with Crippen molar-refractivity contribution >= 4 is 11.7 Å². The van der Waals surface area contributed by atoms with Crippen LogP contribution in [0.2, 0.25) is 0 Å². The van der Waals surface area contributed by atoms with E-state index >= 15 is 0 Å². The highest BCUT2D eigenvalue weighted by Gasteiger charge is 2.30. The molecule has 6 nitrogen and oxygen atoms in total. The summed E-state index contributed by atoms with van der Waals surface area (Å²) >= 11 is 0. The third kappa shape index (κ3) is 7.09. The number of hydrogen-bond donors (Lipinski definition) is 0. The molecule has 1 fully saturated rings. The van der Waals surface area contributed by atoms with Crippen molar-refractivity contribution in [3.8, 4) is 17.1 Å². The van der Waals surface area contributed by atoms with Gasteiger partial charge >= 0.3 is 5.97 Å². The van der Waals surface area contributed by atoms with Gasteiger partial charge in [-0.15, -0.1) is 0 Å². The quantitative estimate of drug-likeness (QED) is 0.308. The number of halogens is 1. The number of pyridine rings is 2. The summed E-state index contributed by atoms with van der Waals surface area (Å²) in [5.74, 6) is 0.00353. The van der Waals surface area contributed by atoms with Crippen molar-refractivity contribution in [1.29, 1.82) is 0 Å². The summed E-state index contributed by atoms with van der Waals surface area (Å²) in [5, 5.41) is 0. The summed E-state index contributed by atoms with van der Waals surface area (Å²) in [6.45, 7) is 12.5.